The van der Waals surface area contributed by atoms with Gasteiger partial charge in [-0.1, -0.05) is 0 Å². The molecule has 3 aromatic rings. The molecule has 0 N–H and O–H groups in total. The second kappa shape index (κ2) is 5.20. The molecule has 1 aromatic carbocycles. The fourth-order valence-electron chi connectivity index (χ4n) is 1.98. The smallest absolute Gasteiger partial charge is 0.269 e. The van der Waals surface area contributed by atoms with Crippen LogP contribution in [0.1, 0.15) is 11.5 Å². The number of aromatic nitrogens is 3. The molecule has 0 aliphatic rings. The summed E-state index contributed by atoms with van der Waals surface area (Å²) in [6.07, 6.45) is 5.18. The van der Waals surface area contributed by atoms with E-state index >= 15 is 0 Å². The number of imidazole rings is 1. The van der Waals surface area contributed by atoms with E-state index in [1.54, 1.807) is 24.6 Å². The van der Waals surface area contributed by atoms with Crippen LogP contribution < -0.4 is 0 Å². The molecule has 7 nitrogen and oxygen atoms in total. The van der Waals surface area contributed by atoms with Crippen molar-refractivity contribution in [1.29, 1.82) is 0 Å². The third kappa shape index (κ3) is 2.66. The highest BCUT2D eigenvalue weighted by atomic mass is 16.6. The molecule has 0 atom stereocenters. The molecule has 2 aromatic heterocycles. The van der Waals surface area contributed by atoms with Crippen LogP contribution >= 0.6 is 0 Å². The number of aryl methyl sites for hydroxylation is 1. The summed E-state index contributed by atoms with van der Waals surface area (Å²) in [4.78, 5) is 18.7. The number of hydrogen-bond acceptors (Lipinski definition) is 5. The minimum absolute atomic E-state index is 0.0413. The molecule has 0 saturated carbocycles. The van der Waals surface area contributed by atoms with Crippen LogP contribution in [0.4, 0.5) is 5.69 Å². The van der Waals surface area contributed by atoms with Gasteiger partial charge in [0.1, 0.15) is 12.1 Å². The molecule has 0 aliphatic carbocycles. The van der Waals surface area contributed by atoms with Crippen LogP contribution in [0.25, 0.3) is 11.5 Å². The van der Waals surface area contributed by atoms with Crippen molar-refractivity contribution in [3.63, 3.8) is 0 Å². The van der Waals surface area contributed by atoms with Crippen molar-refractivity contribution in [3.8, 4) is 11.5 Å². The largest absolute Gasteiger partial charge is 0.444 e. The average molecular weight is 284 g/mol. The molecular weight excluding hydrogens is 272 g/mol. The lowest BCUT2D eigenvalue weighted by atomic mass is 10.2. The highest BCUT2D eigenvalue weighted by molar-refractivity contribution is 5.55. The highest BCUT2D eigenvalue weighted by Crippen LogP contribution is 2.22. The zero-order valence-electron chi connectivity index (χ0n) is 11.3. The van der Waals surface area contributed by atoms with Gasteiger partial charge in [0.25, 0.3) is 5.69 Å². The molecule has 106 valence electrons. The van der Waals surface area contributed by atoms with E-state index in [1.165, 1.54) is 12.1 Å². The van der Waals surface area contributed by atoms with E-state index in [9.17, 15) is 10.1 Å². The molecule has 0 fully saturated rings. The molecule has 2 heterocycles. The van der Waals surface area contributed by atoms with Gasteiger partial charge >= 0.3 is 0 Å². The molecule has 0 bridgehead atoms. The highest BCUT2D eigenvalue weighted by Gasteiger charge is 2.10. The van der Waals surface area contributed by atoms with Crippen LogP contribution in [-0.2, 0) is 6.54 Å². The minimum atomic E-state index is -0.438. The predicted molar refractivity (Wildman–Crippen MR) is 74.7 cm³/mol. The van der Waals surface area contributed by atoms with Crippen LogP contribution in [0.15, 0.2) is 47.3 Å². The molecule has 0 radical (unpaired) electrons. The maximum atomic E-state index is 10.6. The molecule has 0 saturated heterocycles. The minimum Gasteiger partial charge on any atom is -0.444 e. The van der Waals surface area contributed by atoms with E-state index in [0.717, 1.165) is 11.5 Å². The van der Waals surface area contributed by atoms with Gasteiger partial charge in [-0.2, -0.15) is 0 Å². The van der Waals surface area contributed by atoms with Gasteiger partial charge in [0.15, 0.2) is 0 Å². The van der Waals surface area contributed by atoms with Crippen molar-refractivity contribution in [1.82, 2.24) is 14.5 Å². The van der Waals surface area contributed by atoms with Crippen molar-refractivity contribution in [2.75, 3.05) is 0 Å². The Hall–Kier alpha value is -2.96. The van der Waals surface area contributed by atoms with E-state index in [1.807, 2.05) is 17.7 Å². The summed E-state index contributed by atoms with van der Waals surface area (Å²) in [5.74, 6) is 1.34. The van der Waals surface area contributed by atoms with Crippen LogP contribution in [0.5, 0.6) is 0 Å². The monoisotopic (exact) mass is 284 g/mol. The Morgan fingerprint density at radius 2 is 2.10 bits per heavy atom. The average Bonchev–Trinajstić information content (AvgIpc) is 3.10. The maximum Gasteiger partial charge on any atom is 0.269 e. The predicted octanol–water partition coefficient (Wildman–Crippen LogP) is 2.80. The van der Waals surface area contributed by atoms with E-state index in [4.69, 9.17) is 4.42 Å². The number of rotatable bonds is 4. The number of hydrogen-bond donors (Lipinski definition) is 0. The van der Waals surface area contributed by atoms with Gasteiger partial charge in [0.2, 0.25) is 5.89 Å². The van der Waals surface area contributed by atoms with Crippen molar-refractivity contribution in [2.24, 2.45) is 0 Å². The Kier molecular flexibility index (Phi) is 3.23. The first kappa shape index (κ1) is 13.0. The van der Waals surface area contributed by atoms with Gasteiger partial charge < -0.3 is 8.98 Å². The fraction of sp³-hybridized carbons (Fsp3) is 0.143. The van der Waals surface area contributed by atoms with Gasteiger partial charge in [-0.05, 0) is 19.1 Å². The zero-order chi connectivity index (χ0) is 14.8. The first-order valence-electron chi connectivity index (χ1n) is 6.30. The van der Waals surface area contributed by atoms with Crippen LogP contribution in [0, 0.1) is 17.0 Å². The summed E-state index contributed by atoms with van der Waals surface area (Å²) >= 11 is 0. The Labute approximate surface area is 120 Å². The molecule has 3 rings (SSSR count). The van der Waals surface area contributed by atoms with Gasteiger partial charge in [-0.15, -0.1) is 0 Å². The van der Waals surface area contributed by atoms with Crippen molar-refractivity contribution in [2.45, 2.75) is 13.5 Å². The fourth-order valence-corrected chi connectivity index (χ4v) is 1.98. The maximum absolute atomic E-state index is 10.6. The lowest BCUT2D eigenvalue weighted by Gasteiger charge is -2.00. The number of nitrogens with zero attached hydrogens (tertiary/aromatic N) is 4. The quantitative estimate of drug-likeness (QED) is 0.543. The van der Waals surface area contributed by atoms with Crippen molar-refractivity contribution < 1.29 is 9.34 Å². The molecule has 7 heteroatoms. The first-order chi connectivity index (χ1) is 10.1. The molecule has 0 amide bonds. The topological polar surface area (TPSA) is 87.0 Å². The normalized spacial score (nSPS) is 10.7. The summed E-state index contributed by atoms with van der Waals surface area (Å²) in [7, 11) is 0. The van der Waals surface area contributed by atoms with Crippen molar-refractivity contribution >= 4 is 5.69 Å². The Morgan fingerprint density at radius 3 is 2.71 bits per heavy atom. The SMILES string of the molecule is Cc1nccn1Cc1coc(-c2ccc([N+](=O)[O-])cc2)n1. The summed E-state index contributed by atoms with van der Waals surface area (Å²) in [5, 5.41) is 10.6. The Balaban J connectivity index is 1.81. The van der Waals surface area contributed by atoms with E-state index in [0.29, 0.717) is 18.0 Å². The molecule has 21 heavy (non-hydrogen) atoms. The first-order valence-corrected chi connectivity index (χ1v) is 6.30. The van der Waals surface area contributed by atoms with Crippen LogP contribution in [0.2, 0.25) is 0 Å². The number of oxazole rings is 1. The van der Waals surface area contributed by atoms with Crippen molar-refractivity contribution in [3.05, 3.63) is 64.6 Å². The van der Waals surface area contributed by atoms with E-state index in [-0.39, 0.29) is 5.69 Å². The van der Waals surface area contributed by atoms with E-state index in [2.05, 4.69) is 9.97 Å². The number of benzene rings is 1. The number of non-ortho nitro benzene ring substituents is 1. The number of nitro benzene ring substituents is 1. The standard InChI is InChI=1S/C14H12N4O3/c1-10-15-6-7-17(10)8-12-9-21-14(16-12)11-2-4-13(5-3-11)18(19)20/h2-7,9H,8H2,1H3. The second-order valence-electron chi connectivity index (χ2n) is 4.55. The van der Waals surface area contributed by atoms with Gasteiger partial charge in [-0.3, -0.25) is 10.1 Å². The summed E-state index contributed by atoms with van der Waals surface area (Å²) in [6.45, 7) is 2.49. The summed E-state index contributed by atoms with van der Waals surface area (Å²) in [5.41, 5.74) is 1.51. The summed E-state index contributed by atoms with van der Waals surface area (Å²) in [6, 6.07) is 6.10. The lowest BCUT2D eigenvalue weighted by Crippen LogP contribution is -2.00. The molecule has 0 unspecified atom stereocenters. The number of nitro groups is 1. The molecule has 0 spiro atoms. The third-order valence-electron chi connectivity index (χ3n) is 3.13. The van der Waals surface area contributed by atoms with Gasteiger partial charge in [0, 0.05) is 30.1 Å². The molecule has 0 aliphatic heterocycles. The summed E-state index contributed by atoms with van der Waals surface area (Å²) < 4.78 is 7.38. The van der Waals surface area contributed by atoms with E-state index < -0.39 is 4.92 Å². The zero-order valence-corrected chi connectivity index (χ0v) is 11.3. The Morgan fingerprint density at radius 1 is 1.33 bits per heavy atom. The van der Waals surface area contributed by atoms with Crippen LogP contribution in [0.3, 0.4) is 0 Å². The van der Waals surface area contributed by atoms with Gasteiger partial charge in [-0.25, -0.2) is 9.97 Å². The van der Waals surface area contributed by atoms with Gasteiger partial charge in [0.05, 0.1) is 17.2 Å². The Bertz CT molecular complexity index is 774. The second-order valence-corrected chi connectivity index (χ2v) is 4.55. The lowest BCUT2D eigenvalue weighted by molar-refractivity contribution is -0.384. The molecular formula is C14H12N4O3. The third-order valence-corrected chi connectivity index (χ3v) is 3.13. The van der Waals surface area contributed by atoms with Crippen LogP contribution in [-0.4, -0.2) is 19.5 Å².